The molecule has 0 spiro atoms. The molecule has 0 unspecified atom stereocenters. The molecule has 0 saturated heterocycles. The molecule has 9 heteroatoms. The fourth-order valence-electron chi connectivity index (χ4n) is 2.65. The van der Waals surface area contributed by atoms with Gasteiger partial charge in [0.2, 0.25) is 5.91 Å². The van der Waals surface area contributed by atoms with Crippen LogP contribution in [0.1, 0.15) is 26.2 Å². The van der Waals surface area contributed by atoms with Crippen LogP contribution in [0.5, 0.6) is 0 Å². The van der Waals surface area contributed by atoms with Crippen molar-refractivity contribution in [2.45, 2.75) is 37.9 Å². The molecule has 7 nitrogen and oxygen atoms in total. The summed E-state index contributed by atoms with van der Waals surface area (Å²) in [7, 11) is 0. The van der Waals surface area contributed by atoms with Gasteiger partial charge in [0.15, 0.2) is 5.16 Å². The summed E-state index contributed by atoms with van der Waals surface area (Å²) < 4.78 is 1.57. The minimum absolute atomic E-state index is 0.0685. The van der Waals surface area contributed by atoms with Crippen LogP contribution in [-0.2, 0) is 11.3 Å². The summed E-state index contributed by atoms with van der Waals surface area (Å²) in [5.41, 5.74) is 0.329. The van der Waals surface area contributed by atoms with E-state index in [2.05, 4.69) is 4.98 Å². The average Bonchev–Trinajstić information content (AvgIpc) is 2.68. The Bertz CT molecular complexity index is 975. The first kappa shape index (κ1) is 21.7. The monoisotopic (exact) mass is 417 g/mol. The maximum Gasteiger partial charge on any atom is 0.262 e. The van der Waals surface area contributed by atoms with Crippen LogP contribution >= 0.6 is 23.4 Å². The van der Waals surface area contributed by atoms with Gasteiger partial charge in [-0.15, -0.1) is 0 Å². The van der Waals surface area contributed by atoms with Gasteiger partial charge < -0.3 is 4.90 Å². The number of amides is 1. The number of carbonyl (C=O) groups is 1. The van der Waals surface area contributed by atoms with Gasteiger partial charge in [0.05, 0.1) is 41.6 Å². The third-order valence-corrected chi connectivity index (χ3v) is 5.19. The fraction of sp³-hybridized carbons (Fsp3) is 0.421. The van der Waals surface area contributed by atoms with Crippen LogP contribution in [0.15, 0.2) is 28.2 Å². The average molecular weight is 418 g/mol. The van der Waals surface area contributed by atoms with Gasteiger partial charge >= 0.3 is 0 Å². The zero-order valence-corrected chi connectivity index (χ0v) is 17.1. The van der Waals surface area contributed by atoms with Gasteiger partial charge in [-0.05, 0) is 24.6 Å². The summed E-state index contributed by atoms with van der Waals surface area (Å²) in [6.07, 6.45) is 1.16. The highest BCUT2D eigenvalue weighted by Gasteiger charge is 2.17. The summed E-state index contributed by atoms with van der Waals surface area (Å²) >= 11 is 7.20. The van der Waals surface area contributed by atoms with E-state index in [1.165, 1.54) is 16.7 Å². The zero-order chi connectivity index (χ0) is 20.5. The number of benzene rings is 1. The molecule has 2 aromatic rings. The maximum absolute atomic E-state index is 12.8. The van der Waals surface area contributed by atoms with Crippen LogP contribution < -0.4 is 5.56 Å². The molecule has 0 atom stereocenters. The van der Waals surface area contributed by atoms with Crippen molar-refractivity contribution in [3.05, 3.63) is 33.6 Å². The van der Waals surface area contributed by atoms with E-state index < -0.39 is 0 Å². The Morgan fingerprint density at radius 1 is 1.29 bits per heavy atom. The molecule has 0 N–H and O–H groups in total. The van der Waals surface area contributed by atoms with E-state index in [-0.39, 0.29) is 43.2 Å². The van der Waals surface area contributed by atoms with Crippen LogP contribution in [-0.4, -0.2) is 39.2 Å². The molecule has 1 aromatic carbocycles. The largest absolute Gasteiger partial charge is 0.340 e. The van der Waals surface area contributed by atoms with Crippen molar-refractivity contribution in [1.29, 1.82) is 10.5 Å². The molecule has 0 aliphatic carbocycles. The van der Waals surface area contributed by atoms with E-state index in [0.29, 0.717) is 27.6 Å². The lowest BCUT2D eigenvalue weighted by atomic mass is 10.2. The van der Waals surface area contributed by atoms with Crippen molar-refractivity contribution in [3.63, 3.8) is 0 Å². The Labute approximate surface area is 172 Å². The molecule has 146 valence electrons. The van der Waals surface area contributed by atoms with Crippen molar-refractivity contribution in [3.8, 4) is 12.1 Å². The molecular formula is C19H20ClN5O2S. The summed E-state index contributed by atoms with van der Waals surface area (Å²) in [6, 6.07) is 8.96. The second-order valence-electron chi connectivity index (χ2n) is 6.00. The topological polar surface area (TPSA) is 103 Å². The van der Waals surface area contributed by atoms with Crippen molar-refractivity contribution in [2.75, 3.05) is 18.8 Å². The highest BCUT2D eigenvalue weighted by molar-refractivity contribution is 7.99. The van der Waals surface area contributed by atoms with Crippen LogP contribution in [0.3, 0.4) is 0 Å². The van der Waals surface area contributed by atoms with Crippen LogP contribution in [0.25, 0.3) is 10.9 Å². The quantitative estimate of drug-likeness (QED) is 0.458. The summed E-state index contributed by atoms with van der Waals surface area (Å²) in [4.78, 5) is 31.4. The van der Waals surface area contributed by atoms with Crippen LogP contribution in [0, 0.1) is 22.7 Å². The fourth-order valence-corrected chi connectivity index (χ4v) is 3.75. The molecule has 0 aliphatic heterocycles. The minimum Gasteiger partial charge on any atom is -0.340 e. The SMILES string of the molecule is CCCn1c(SCC(=O)N(CCC#N)CCC#N)nc2cc(Cl)ccc2c1=O. The second kappa shape index (κ2) is 10.7. The lowest BCUT2D eigenvalue weighted by molar-refractivity contribution is -0.128. The number of carbonyl (C=O) groups excluding carboxylic acids is 1. The maximum atomic E-state index is 12.8. The van der Waals surface area contributed by atoms with Gasteiger partial charge in [-0.2, -0.15) is 10.5 Å². The molecule has 28 heavy (non-hydrogen) atoms. The number of thioether (sulfide) groups is 1. The number of hydrogen-bond donors (Lipinski definition) is 0. The highest BCUT2D eigenvalue weighted by atomic mass is 35.5. The molecule has 0 fully saturated rings. The normalized spacial score (nSPS) is 10.4. The van der Waals surface area contributed by atoms with E-state index in [4.69, 9.17) is 22.1 Å². The van der Waals surface area contributed by atoms with Crippen molar-refractivity contribution < 1.29 is 4.79 Å². The minimum atomic E-state index is -0.195. The number of nitrogens with zero attached hydrogens (tertiary/aromatic N) is 5. The molecule has 0 radical (unpaired) electrons. The Kier molecular flexibility index (Phi) is 8.31. The Morgan fingerprint density at radius 2 is 1.96 bits per heavy atom. The van der Waals surface area contributed by atoms with Crippen molar-refractivity contribution >= 4 is 40.2 Å². The Morgan fingerprint density at radius 3 is 2.57 bits per heavy atom. The van der Waals surface area contributed by atoms with Gasteiger partial charge in [-0.25, -0.2) is 4.98 Å². The lowest BCUT2D eigenvalue weighted by Crippen LogP contribution is -2.34. The molecule has 1 heterocycles. The summed E-state index contributed by atoms with van der Waals surface area (Å²) in [6.45, 7) is 3.01. The predicted molar refractivity (Wildman–Crippen MR) is 109 cm³/mol. The smallest absolute Gasteiger partial charge is 0.262 e. The first-order valence-corrected chi connectivity index (χ1v) is 10.2. The van der Waals surface area contributed by atoms with Crippen LogP contribution in [0.4, 0.5) is 0 Å². The number of hydrogen-bond acceptors (Lipinski definition) is 6. The standard InChI is InChI=1S/C19H20ClN5O2S/c1-2-9-25-18(27)15-6-5-14(20)12-16(15)23-19(25)28-13-17(26)24(10-3-7-21)11-4-8-22/h5-6,12H,2-4,9-11,13H2,1H3. The highest BCUT2D eigenvalue weighted by Crippen LogP contribution is 2.21. The van der Waals surface area contributed by atoms with Crippen molar-refractivity contribution in [2.24, 2.45) is 0 Å². The Hall–Kier alpha value is -2.55. The zero-order valence-electron chi connectivity index (χ0n) is 15.5. The Balaban J connectivity index is 2.27. The molecular weight excluding hydrogens is 398 g/mol. The molecule has 0 aliphatic rings. The molecule has 2 rings (SSSR count). The van der Waals surface area contributed by atoms with Gasteiger partial charge in [0, 0.05) is 24.7 Å². The van der Waals surface area contributed by atoms with E-state index in [1.807, 2.05) is 19.1 Å². The predicted octanol–water partition coefficient (Wildman–Crippen LogP) is 3.21. The second-order valence-corrected chi connectivity index (χ2v) is 7.38. The number of fused-ring (bicyclic) bond motifs is 1. The number of nitriles is 2. The first-order valence-electron chi connectivity index (χ1n) is 8.86. The van der Waals surface area contributed by atoms with E-state index in [0.717, 1.165) is 6.42 Å². The first-order chi connectivity index (χ1) is 13.5. The van der Waals surface area contributed by atoms with E-state index >= 15 is 0 Å². The summed E-state index contributed by atoms with van der Waals surface area (Å²) in [5.74, 6) is -0.127. The molecule has 0 saturated carbocycles. The molecule has 0 bridgehead atoms. The van der Waals surface area contributed by atoms with Gasteiger partial charge in [-0.3, -0.25) is 14.2 Å². The van der Waals surface area contributed by atoms with Crippen LogP contribution in [0.2, 0.25) is 5.02 Å². The molecule has 1 aromatic heterocycles. The third-order valence-electron chi connectivity index (χ3n) is 3.99. The van der Waals surface area contributed by atoms with Gasteiger partial charge in [0.25, 0.3) is 5.56 Å². The lowest BCUT2D eigenvalue weighted by Gasteiger charge is -2.20. The third kappa shape index (κ3) is 5.48. The number of rotatable bonds is 9. The van der Waals surface area contributed by atoms with Crippen molar-refractivity contribution in [1.82, 2.24) is 14.5 Å². The number of aromatic nitrogens is 2. The number of halogens is 1. The van der Waals surface area contributed by atoms with Gasteiger partial charge in [-0.1, -0.05) is 30.3 Å². The van der Waals surface area contributed by atoms with E-state index in [1.54, 1.807) is 22.8 Å². The summed E-state index contributed by atoms with van der Waals surface area (Å²) in [5, 5.41) is 18.9. The van der Waals surface area contributed by atoms with Gasteiger partial charge in [0.1, 0.15) is 0 Å². The molecule has 1 amide bonds. The van der Waals surface area contributed by atoms with E-state index in [9.17, 15) is 9.59 Å².